The van der Waals surface area contributed by atoms with Crippen LogP contribution in [0.3, 0.4) is 0 Å². The second kappa shape index (κ2) is 3.92. The molecule has 1 aliphatic heterocycles. The van der Waals surface area contributed by atoms with Crippen LogP contribution in [0.5, 0.6) is 0 Å². The number of carbonyl (C=O) groups excluding carboxylic acids is 1. The Morgan fingerprint density at radius 1 is 1.71 bits per heavy atom. The predicted molar refractivity (Wildman–Crippen MR) is 60.1 cm³/mol. The molecule has 1 aromatic heterocycles. The Morgan fingerprint density at radius 3 is 3.00 bits per heavy atom. The Hall–Kier alpha value is -0.520. The number of rotatable bonds is 1. The minimum absolute atomic E-state index is 0.0863. The first-order chi connectivity index (χ1) is 6.66. The summed E-state index contributed by atoms with van der Waals surface area (Å²) in [5.74, 6) is 0.0863. The number of thiophene rings is 1. The molecule has 5 heteroatoms. The van der Waals surface area contributed by atoms with Crippen molar-refractivity contribution in [3.8, 4) is 0 Å². The van der Waals surface area contributed by atoms with E-state index in [0.717, 1.165) is 22.7 Å². The van der Waals surface area contributed by atoms with Crippen LogP contribution in [-0.2, 0) is 0 Å². The van der Waals surface area contributed by atoms with Crippen LogP contribution in [0.25, 0.3) is 0 Å². The first-order valence-corrected chi connectivity index (χ1v) is 5.82. The maximum atomic E-state index is 11.9. The molecule has 1 amide bonds. The Bertz CT molecular complexity index is 350. The zero-order valence-corrected chi connectivity index (χ0v) is 9.35. The smallest absolute Gasteiger partial charge is 0.264 e. The van der Waals surface area contributed by atoms with Gasteiger partial charge in [-0.05, 0) is 12.5 Å². The van der Waals surface area contributed by atoms with Gasteiger partial charge in [0, 0.05) is 29.4 Å². The number of carbonyl (C=O) groups is 1. The first-order valence-electron chi connectivity index (χ1n) is 4.49. The lowest BCUT2D eigenvalue weighted by Crippen LogP contribution is -2.31. The van der Waals surface area contributed by atoms with E-state index in [2.05, 4.69) is 12.6 Å². The van der Waals surface area contributed by atoms with Gasteiger partial charge in [0.25, 0.3) is 5.91 Å². The molecule has 0 spiro atoms. The molecule has 0 radical (unpaired) electrons. The van der Waals surface area contributed by atoms with Gasteiger partial charge in [0.1, 0.15) is 0 Å². The fourth-order valence-corrected chi connectivity index (χ4v) is 2.68. The third-order valence-corrected chi connectivity index (χ3v) is 3.66. The van der Waals surface area contributed by atoms with E-state index in [4.69, 9.17) is 5.73 Å². The van der Waals surface area contributed by atoms with Gasteiger partial charge in [0.2, 0.25) is 0 Å². The summed E-state index contributed by atoms with van der Waals surface area (Å²) in [5.41, 5.74) is 5.74. The molecule has 0 bridgehead atoms. The van der Waals surface area contributed by atoms with Crippen molar-refractivity contribution in [2.24, 2.45) is 5.73 Å². The lowest BCUT2D eigenvalue weighted by Gasteiger charge is -2.13. The first kappa shape index (κ1) is 10.0. The highest BCUT2D eigenvalue weighted by Gasteiger charge is 2.25. The molecule has 1 atom stereocenters. The van der Waals surface area contributed by atoms with Gasteiger partial charge in [-0.1, -0.05) is 0 Å². The molecule has 1 aromatic rings. The maximum Gasteiger partial charge on any atom is 0.264 e. The van der Waals surface area contributed by atoms with Crippen LogP contribution in [-0.4, -0.2) is 29.9 Å². The van der Waals surface area contributed by atoms with Crippen molar-refractivity contribution in [3.63, 3.8) is 0 Å². The van der Waals surface area contributed by atoms with E-state index in [1.807, 2.05) is 10.3 Å². The van der Waals surface area contributed by atoms with Crippen molar-refractivity contribution >= 4 is 29.9 Å². The zero-order valence-electron chi connectivity index (χ0n) is 7.64. The van der Waals surface area contributed by atoms with Gasteiger partial charge in [-0.15, -0.1) is 24.0 Å². The molecule has 1 saturated heterocycles. The van der Waals surface area contributed by atoms with Crippen molar-refractivity contribution in [2.45, 2.75) is 17.4 Å². The molecule has 14 heavy (non-hydrogen) atoms. The molecular weight excluding hydrogens is 216 g/mol. The van der Waals surface area contributed by atoms with Crippen LogP contribution in [0.1, 0.15) is 16.1 Å². The Balaban J connectivity index is 2.09. The monoisotopic (exact) mass is 228 g/mol. The Morgan fingerprint density at radius 2 is 2.50 bits per heavy atom. The number of nitrogens with zero attached hydrogens (tertiary/aromatic N) is 1. The van der Waals surface area contributed by atoms with Crippen LogP contribution < -0.4 is 5.73 Å². The largest absolute Gasteiger partial charge is 0.336 e. The molecule has 0 saturated carbocycles. The van der Waals surface area contributed by atoms with E-state index in [1.54, 1.807) is 6.07 Å². The number of thiol groups is 1. The normalized spacial score (nSPS) is 21.6. The predicted octanol–water partition coefficient (Wildman–Crippen LogP) is 1.21. The molecule has 0 aromatic carbocycles. The topological polar surface area (TPSA) is 46.3 Å². The van der Waals surface area contributed by atoms with Gasteiger partial charge in [-0.25, -0.2) is 0 Å². The summed E-state index contributed by atoms with van der Waals surface area (Å²) in [5, 5.41) is 1.87. The van der Waals surface area contributed by atoms with Crippen LogP contribution in [0.15, 0.2) is 16.3 Å². The van der Waals surface area contributed by atoms with Crippen LogP contribution in [0.4, 0.5) is 0 Å². The molecule has 0 aliphatic carbocycles. The quantitative estimate of drug-likeness (QED) is 0.710. The maximum absolute atomic E-state index is 11.9. The summed E-state index contributed by atoms with van der Waals surface area (Å²) >= 11 is 5.61. The number of hydrogen-bond acceptors (Lipinski definition) is 4. The summed E-state index contributed by atoms with van der Waals surface area (Å²) in [6.07, 6.45) is 0.908. The van der Waals surface area contributed by atoms with Crippen molar-refractivity contribution in [3.05, 3.63) is 16.3 Å². The molecule has 1 aliphatic rings. The second-order valence-electron chi connectivity index (χ2n) is 3.47. The van der Waals surface area contributed by atoms with E-state index < -0.39 is 0 Å². The van der Waals surface area contributed by atoms with Gasteiger partial charge in [-0.2, -0.15) is 0 Å². The Kier molecular flexibility index (Phi) is 2.80. The summed E-state index contributed by atoms with van der Waals surface area (Å²) in [4.78, 5) is 15.3. The van der Waals surface area contributed by atoms with E-state index in [-0.39, 0.29) is 11.9 Å². The fourth-order valence-electron chi connectivity index (χ4n) is 1.57. The molecular formula is C9H12N2OS2. The number of hydrogen-bond donors (Lipinski definition) is 2. The summed E-state index contributed by atoms with van der Waals surface area (Å²) in [6, 6.07) is 1.95. The molecule has 3 nitrogen and oxygen atoms in total. The van der Waals surface area contributed by atoms with Crippen molar-refractivity contribution < 1.29 is 4.79 Å². The number of likely N-dealkylation sites (tertiary alicyclic amines) is 1. The minimum Gasteiger partial charge on any atom is -0.336 e. The van der Waals surface area contributed by atoms with Gasteiger partial charge in [-0.3, -0.25) is 4.79 Å². The van der Waals surface area contributed by atoms with Gasteiger partial charge >= 0.3 is 0 Å². The molecule has 1 fully saturated rings. The van der Waals surface area contributed by atoms with Gasteiger partial charge in [0.15, 0.2) is 0 Å². The van der Waals surface area contributed by atoms with E-state index in [9.17, 15) is 4.79 Å². The third-order valence-electron chi connectivity index (χ3n) is 2.31. The average Bonchev–Trinajstić information content (AvgIpc) is 2.73. The van der Waals surface area contributed by atoms with Gasteiger partial charge in [0.05, 0.1) is 4.88 Å². The van der Waals surface area contributed by atoms with Crippen LogP contribution in [0, 0.1) is 0 Å². The van der Waals surface area contributed by atoms with Crippen molar-refractivity contribution in [1.82, 2.24) is 4.90 Å². The third kappa shape index (κ3) is 1.94. The summed E-state index contributed by atoms with van der Waals surface area (Å²) in [7, 11) is 0. The second-order valence-corrected chi connectivity index (χ2v) is 4.90. The minimum atomic E-state index is 0.0863. The van der Waals surface area contributed by atoms with Crippen LogP contribution >= 0.6 is 24.0 Å². The molecule has 2 heterocycles. The number of nitrogens with two attached hydrogens (primary N) is 1. The van der Waals surface area contributed by atoms with Crippen molar-refractivity contribution in [1.29, 1.82) is 0 Å². The molecule has 2 rings (SSSR count). The SMILES string of the molecule is NC1CCN(C(=O)c2cc(S)cs2)C1. The standard InChI is InChI=1S/C9H12N2OS2/c10-6-1-2-11(4-6)9(12)8-3-7(13)5-14-8/h3,5-6,13H,1-2,4,10H2. The zero-order chi connectivity index (χ0) is 10.1. The lowest BCUT2D eigenvalue weighted by atomic mass is 10.3. The Labute approximate surface area is 92.3 Å². The average molecular weight is 228 g/mol. The summed E-state index contributed by atoms with van der Waals surface area (Å²) in [6.45, 7) is 1.46. The van der Waals surface area contributed by atoms with E-state index >= 15 is 0 Å². The van der Waals surface area contributed by atoms with Crippen molar-refractivity contribution in [2.75, 3.05) is 13.1 Å². The molecule has 2 N–H and O–H groups in total. The summed E-state index contributed by atoms with van der Waals surface area (Å²) < 4.78 is 0. The van der Waals surface area contributed by atoms with E-state index in [1.165, 1.54) is 11.3 Å². The highest BCUT2D eigenvalue weighted by Crippen LogP contribution is 2.21. The number of amides is 1. The highest BCUT2D eigenvalue weighted by atomic mass is 32.1. The molecule has 76 valence electrons. The van der Waals surface area contributed by atoms with Crippen LogP contribution in [0.2, 0.25) is 0 Å². The highest BCUT2D eigenvalue weighted by molar-refractivity contribution is 7.80. The van der Waals surface area contributed by atoms with Gasteiger partial charge < -0.3 is 10.6 Å². The van der Waals surface area contributed by atoms with E-state index in [0.29, 0.717) is 6.54 Å². The lowest BCUT2D eigenvalue weighted by molar-refractivity contribution is 0.0795. The molecule has 1 unspecified atom stereocenters. The fraction of sp³-hybridized carbons (Fsp3) is 0.444.